The fraction of sp³-hybridized carbons (Fsp3) is 0.500. The molecule has 4 heterocycles. The lowest BCUT2D eigenvalue weighted by molar-refractivity contribution is -0.133. The molecule has 2 aromatic heterocycles. The molecule has 0 spiro atoms. The predicted molar refractivity (Wildman–Crippen MR) is 107 cm³/mol. The zero-order chi connectivity index (χ0) is 20.8. The molecular weight excluding hydrogens is 396 g/mol. The van der Waals surface area contributed by atoms with Gasteiger partial charge in [0.25, 0.3) is 5.91 Å². The van der Waals surface area contributed by atoms with Gasteiger partial charge in [0.1, 0.15) is 5.71 Å². The third kappa shape index (κ3) is 3.86. The molecule has 1 saturated heterocycles. The van der Waals surface area contributed by atoms with Crippen LogP contribution in [-0.4, -0.2) is 63.3 Å². The van der Waals surface area contributed by atoms with Crippen LogP contribution in [0.4, 0.5) is 5.69 Å². The number of hydrogen-bond acceptors (Lipinski definition) is 7. The minimum absolute atomic E-state index is 0.0360. The summed E-state index contributed by atoms with van der Waals surface area (Å²) in [5.74, 6) is -0.764. The van der Waals surface area contributed by atoms with Crippen LogP contribution >= 0.6 is 0 Å². The summed E-state index contributed by atoms with van der Waals surface area (Å²) in [6.07, 6.45) is 3.92. The van der Waals surface area contributed by atoms with E-state index in [9.17, 15) is 18.0 Å². The summed E-state index contributed by atoms with van der Waals surface area (Å²) in [6, 6.07) is 1.44. The number of fused-ring (bicyclic) bond motifs is 1. The summed E-state index contributed by atoms with van der Waals surface area (Å²) >= 11 is 0. The first-order valence-electron chi connectivity index (χ1n) is 9.48. The molecule has 0 bridgehead atoms. The molecule has 2 amide bonds. The van der Waals surface area contributed by atoms with E-state index >= 15 is 0 Å². The van der Waals surface area contributed by atoms with Crippen LogP contribution in [-0.2, 0) is 19.4 Å². The highest BCUT2D eigenvalue weighted by Crippen LogP contribution is 2.23. The number of aromatic nitrogens is 3. The second-order valence-corrected chi connectivity index (χ2v) is 9.84. The topological polar surface area (TPSA) is 127 Å². The minimum Gasteiger partial charge on any atom is -0.319 e. The monoisotopic (exact) mass is 418 g/mol. The molecule has 2 aliphatic rings. The molecule has 10 nitrogen and oxygen atoms in total. The Kier molecular flexibility index (Phi) is 4.85. The van der Waals surface area contributed by atoms with Crippen molar-refractivity contribution in [3.05, 3.63) is 18.5 Å². The number of nitrogens with one attached hydrogen (secondary N) is 1. The van der Waals surface area contributed by atoms with Crippen LogP contribution in [0.15, 0.2) is 23.6 Å². The van der Waals surface area contributed by atoms with Gasteiger partial charge in [0.05, 0.1) is 35.6 Å². The highest BCUT2D eigenvalue weighted by atomic mass is 32.2. The van der Waals surface area contributed by atoms with Gasteiger partial charge in [-0.15, -0.1) is 0 Å². The Morgan fingerprint density at radius 1 is 1.28 bits per heavy atom. The summed E-state index contributed by atoms with van der Waals surface area (Å²) in [5.41, 5.74) is 1.43. The maximum atomic E-state index is 12.7. The number of amides is 2. The molecule has 1 atom stereocenters. The van der Waals surface area contributed by atoms with Crippen LogP contribution < -0.4 is 5.32 Å². The summed E-state index contributed by atoms with van der Waals surface area (Å²) in [4.78, 5) is 29.2. The van der Waals surface area contributed by atoms with Crippen molar-refractivity contribution in [2.75, 3.05) is 16.8 Å². The van der Waals surface area contributed by atoms with Crippen molar-refractivity contribution in [3.63, 3.8) is 0 Å². The van der Waals surface area contributed by atoms with Crippen molar-refractivity contribution in [2.45, 2.75) is 45.2 Å². The summed E-state index contributed by atoms with van der Waals surface area (Å²) < 4.78 is 25.2. The first-order valence-corrected chi connectivity index (χ1v) is 11.3. The fourth-order valence-electron chi connectivity index (χ4n) is 3.58. The van der Waals surface area contributed by atoms with Gasteiger partial charge in [0.2, 0.25) is 5.91 Å². The highest BCUT2D eigenvalue weighted by Gasteiger charge is 2.37. The van der Waals surface area contributed by atoms with Gasteiger partial charge in [0.15, 0.2) is 15.5 Å². The number of hydrogen-bond donors (Lipinski definition) is 1. The average molecular weight is 418 g/mol. The maximum Gasteiger partial charge on any atom is 0.271 e. The SMILES string of the molecule is CC(C)n1ncc2cc(NC(=O)C3=NN([C@H]4CCS(=O)(=O)C4)C(=O)CC3)cnc21. The van der Waals surface area contributed by atoms with E-state index in [0.717, 1.165) is 11.0 Å². The van der Waals surface area contributed by atoms with Crippen molar-refractivity contribution < 1.29 is 18.0 Å². The van der Waals surface area contributed by atoms with Crippen LogP contribution in [0.5, 0.6) is 0 Å². The third-order valence-electron chi connectivity index (χ3n) is 5.06. The number of hydrazone groups is 1. The molecule has 11 heteroatoms. The largest absolute Gasteiger partial charge is 0.319 e. The molecule has 1 N–H and O–H groups in total. The van der Waals surface area contributed by atoms with Crippen LogP contribution in [0.2, 0.25) is 0 Å². The number of carbonyl (C=O) groups is 2. The summed E-state index contributed by atoms with van der Waals surface area (Å²) in [7, 11) is -3.16. The molecule has 29 heavy (non-hydrogen) atoms. The second-order valence-electron chi connectivity index (χ2n) is 7.62. The van der Waals surface area contributed by atoms with Crippen molar-refractivity contribution >= 4 is 44.1 Å². The predicted octanol–water partition coefficient (Wildman–Crippen LogP) is 1.12. The van der Waals surface area contributed by atoms with Gasteiger partial charge in [-0.3, -0.25) is 9.59 Å². The molecular formula is C18H22N6O4S. The Bertz CT molecular complexity index is 1120. The number of sulfone groups is 1. The zero-order valence-corrected chi connectivity index (χ0v) is 17.0. The standard InChI is InChI=1S/C18H22N6O4S/c1-11(2)23-17-12(8-20-23)7-13(9-19-17)21-18(26)15-3-4-16(25)24(22-15)14-5-6-29(27,28)10-14/h7-9,11,14H,3-6,10H2,1-2H3,(H,21,26)/t14-/m0/s1. The molecule has 0 aromatic carbocycles. The first kappa shape index (κ1) is 19.5. The van der Waals surface area contributed by atoms with E-state index in [2.05, 4.69) is 20.5 Å². The van der Waals surface area contributed by atoms with E-state index in [-0.39, 0.29) is 42.0 Å². The Morgan fingerprint density at radius 3 is 2.76 bits per heavy atom. The minimum atomic E-state index is -3.16. The lowest BCUT2D eigenvalue weighted by Crippen LogP contribution is -2.42. The number of rotatable bonds is 4. The molecule has 0 radical (unpaired) electrons. The highest BCUT2D eigenvalue weighted by molar-refractivity contribution is 7.91. The first-order chi connectivity index (χ1) is 13.7. The van der Waals surface area contributed by atoms with E-state index in [1.165, 1.54) is 5.01 Å². The summed E-state index contributed by atoms with van der Waals surface area (Å²) in [5, 5.41) is 13.2. The van der Waals surface area contributed by atoms with Crippen LogP contribution in [0.25, 0.3) is 11.0 Å². The Labute approximate surface area is 167 Å². The second kappa shape index (κ2) is 7.21. The Hall–Kier alpha value is -2.82. The Balaban J connectivity index is 1.52. The van der Waals surface area contributed by atoms with E-state index in [4.69, 9.17) is 0 Å². The van der Waals surface area contributed by atoms with Crippen LogP contribution in [0.3, 0.4) is 0 Å². The van der Waals surface area contributed by atoms with Crippen LogP contribution in [0.1, 0.15) is 39.2 Å². The van der Waals surface area contributed by atoms with E-state index in [1.54, 1.807) is 23.1 Å². The summed E-state index contributed by atoms with van der Waals surface area (Å²) in [6.45, 7) is 4.02. The molecule has 0 saturated carbocycles. The fourth-order valence-corrected chi connectivity index (χ4v) is 5.27. The normalized spacial score (nSPS) is 21.6. The van der Waals surface area contributed by atoms with Gasteiger partial charge in [-0.2, -0.15) is 10.2 Å². The van der Waals surface area contributed by atoms with Crippen molar-refractivity contribution in [3.8, 4) is 0 Å². The lowest BCUT2D eigenvalue weighted by atomic mass is 10.1. The molecule has 2 aliphatic heterocycles. The Morgan fingerprint density at radius 2 is 2.07 bits per heavy atom. The van der Waals surface area contributed by atoms with Crippen molar-refractivity contribution in [2.24, 2.45) is 5.10 Å². The molecule has 1 fully saturated rings. The van der Waals surface area contributed by atoms with E-state index < -0.39 is 21.8 Å². The number of pyridine rings is 1. The molecule has 4 rings (SSSR count). The zero-order valence-electron chi connectivity index (χ0n) is 16.2. The van der Waals surface area contributed by atoms with Crippen molar-refractivity contribution in [1.29, 1.82) is 0 Å². The quantitative estimate of drug-likeness (QED) is 0.793. The van der Waals surface area contributed by atoms with E-state index in [1.807, 2.05) is 13.8 Å². The van der Waals surface area contributed by atoms with Crippen LogP contribution in [0, 0.1) is 0 Å². The molecule has 0 aliphatic carbocycles. The smallest absolute Gasteiger partial charge is 0.271 e. The van der Waals surface area contributed by atoms with Gasteiger partial charge in [-0.25, -0.2) is 23.1 Å². The number of carbonyl (C=O) groups excluding carboxylic acids is 2. The number of nitrogens with zero attached hydrogens (tertiary/aromatic N) is 5. The third-order valence-corrected chi connectivity index (χ3v) is 6.81. The van der Waals surface area contributed by atoms with Gasteiger partial charge >= 0.3 is 0 Å². The van der Waals surface area contributed by atoms with Gasteiger partial charge in [-0.1, -0.05) is 0 Å². The van der Waals surface area contributed by atoms with E-state index in [0.29, 0.717) is 12.1 Å². The lowest BCUT2D eigenvalue weighted by Gasteiger charge is -2.27. The molecule has 0 unspecified atom stereocenters. The van der Waals surface area contributed by atoms with Gasteiger partial charge in [-0.05, 0) is 26.3 Å². The average Bonchev–Trinajstić information content (AvgIpc) is 3.24. The van der Waals surface area contributed by atoms with Gasteiger partial charge in [0, 0.05) is 24.3 Å². The van der Waals surface area contributed by atoms with Crippen molar-refractivity contribution in [1.82, 2.24) is 19.8 Å². The maximum absolute atomic E-state index is 12.7. The number of anilines is 1. The van der Waals surface area contributed by atoms with Gasteiger partial charge < -0.3 is 5.32 Å². The molecule has 154 valence electrons. The molecule has 2 aromatic rings.